The molecule has 110 valence electrons. The van der Waals surface area contributed by atoms with Crippen LogP contribution < -0.4 is 10.2 Å². The van der Waals surface area contributed by atoms with E-state index in [1.165, 1.54) is 23.4 Å². The van der Waals surface area contributed by atoms with E-state index in [9.17, 15) is 0 Å². The Morgan fingerprint density at radius 2 is 2.24 bits per heavy atom. The summed E-state index contributed by atoms with van der Waals surface area (Å²) in [5, 5.41) is 5.14. The van der Waals surface area contributed by atoms with Crippen molar-refractivity contribution >= 4 is 38.6 Å². The first-order valence-corrected chi connectivity index (χ1v) is 8.48. The number of rotatable bonds is 4. The Kier molecular flexibility index (Phi) is 4.55. The highest BCUT2D eigenvalue weighted by molar-refractivity contribution is 9.10. The summed E-state index contributed by atoms with van der Waals surface area (Å²) in [5.74, 6) is 0.813. The lowest BCUT2D eigenvalue weighted by Gasteiger charge is -2.06. The van der Waals surface area contributed by atoms with Crippen LogP contribution in [0.4, 0.5) is 5.13 Å². The minimum Gasteiger partial charge on any atom is -0.496 e. The number of aryl methyl sites for hydroxylation is 2. The first-order chi connectivity index (χ1) is 10.3. The van der Waals surface area contributed by atoms with E-state index in [0.717, 1.165) is 33.8 Å². The van der Waals surface area contributed by atoms with Crippen LogP contribution >= 0.6 is 27.3 Å². The van der Waals surface area contributed by atoms with Gasteiger partial charge in [-0.2, -0.15) is 5.10 Å². The van der Waals surface area contributed by atoms with Crippen molar-refractivity contribution in [2.45, 2.75) is 25.7 Å². The second-order valence-electron chi connectivity index (χ2n) is 4.86. The second-order valence-corrected chi connectivity index (χ2v) is 6.80. The molecule has 0 bridgehead atoms. The Morgan fingerprint density at radius 1 is 1.38 bits per heavy atom. The minimum atomic E-state index is 0.813. The number of aromatic nitrogens is 1. The third-order valence-electron chi connectivity index (χ3n) is 3.40. The molecule has 0 aliphatic heterocycles. The van der Waals surface area contributed by atoms with Crippen molar-refractivity contribution in [1.82, 2.24) is 4.98 Å². The van der Waals surface area contributed by atoms with Gasteiger partial charge in [0.25, 0.3) is 0 Å². The van der Waals surface area contributed by atoms with Gasteiger partial charge >= 0.3 is 0 Å². The van der Waals surface area contributed by atoms with Crippen molar-refractivity contribution in [3.8, 4) is 5.75 Å². The molecule has 0 saturated heterocycles. The molecule has 0 atom stereocenters. The quantitative estimate of drug-likeness (QED) is 0.650. The maximum Gasteiger partial charge on any atom is 0.203 e. The molecular weight excluding hydrogens is 350 g/mol. The molecule has 1 aliphatic carbocycles. The van der Waals surface area contributed by atoms with Crippen LogP contribution in [0.2, 0.25) is 0 Å². The topological polar surface area (TPSA) is 46.5 Å². The van der Waals surface area contributed by atoms with Crippen LogP contribution in [0.5, 0.6) is 5.75 Å². The van der Waals surface area contributed by atoms with E-state index in [0.29, 0.717) is 0 Å². The molecule has 6 heteroatoms. The van der Waals surface area contributed by atoms with Crippen molar-refractivity contribution in [3.05, 3.63) is 38.8 Å². The Bertz CT molecular complexity index is 645. The zero-order valence-electron chi connectivity index (χ0n) is 11.7. The summed E-state index contributed by atoms with van der Waals surface area (Å²) in [6.07, 6.45) is 6.56. The molecule has 3 rings (SSSR count). The van der Waals surface area contributed by atoms with E-state index in [1.807, 2.05) is 18.2 Å². The number of anilines is 1. The van der Waals surface area contributed by atoms with E-state index < -0.39 is 0 Å². The first kappa shape index (κ1) is 14.5. The van der Waals surface area contributed by atoms with E-state index in [4.69, 9.17) is 4.74 Å². The SMILES string of the molecule is COc1ccc(/C=N\Nc2nc3c(s2)CCCC3)cc1Br. The number of nitrogens with zero attached hydrogens (tertiary/aromatic N) is 2. The molecule has 1 N–H and O–H groups in total. The predicted octanol–water partition coefficient (Wildman–Crippen LogP) is 4.24. The number of thiazole rings is 1. The van der Waals surface area contributed by atoms with Gasteiger partial charge in [-0.15, -0.1) is 11.3 Å². The van der Waals surface area contributed by atoms with Crippen molar-refractivity contribution in [2.75, 3.05) is 12.5 Å². The highest BCUT2D eigenvalue weighted by Crippen LogP contribution is 2.29. The molecule has 0 saturated carbocycles. The molecule has 0 radical (unpaired) electrons. The Hall–Kier alpha value is -1.40. The Balaban J connectivity index is 1.66. The lowest BCUT2D eigenvalue weighted by Crippen LogP contribution is -1.99. The number of nitrogens with one attached hydrogen (secondary N) is 1. The van der Waals surface area contributed by atoms with Crippen LogP contribution in [0.3, 0.4) is 0 Å². The van der Waals surface area contributed by atoms with Gasteiger partial charge in [-0.3, -0.25) is 5.43 Å². The lowest BCUT2D eigenvalue weighted by atomic mass is 10.0. The molecule has 0 fully saturated rings. The zero-order chi connectivity index (χ0) is 14.7. The molecule has 21 heavy (non-hydrogen) atoms. The summed E-state index contributed by atoms with van der Waals surface area (Å²) in [4.78, 5) is 6.00. The van der Waals surface area contributed by atoms with Gasteiger partial charge in [0.05, 0.1) is 23.5 Å². The smallest absolute Gasteiger partial charge is 0.203 e. The number of fused-ring (bicyclic) bond motifs is 1. The van der Waals surface area contributed by atoms with Crippen LogP contribution in [0, 0.1) is 0 Å². The summed E-state index contributed by atoms with van der Waals surface area (Å²) in [6, 6.07) is 5.84. The molecule has 0 amide bonds. The molecule has 0 unspecified atom stereocenters. The standard InChI is InChI=1S/C15H16BrN3OS/c1-20-13-7-6-10(8-11(13)16)9-17-19-15-18-12-4-2-3-5-14(12)21-15/h6-9H,2-5H2,1H3,(H,18,19)/b17-9-. The van der Waals surface area contributed by atoms with Crippen LogP contribution in [-0.4, -0.2) is 18.3 Å². The van der Waals surface area contributed by atoms with Crippen molar-refractivity contribution < 1.29 is 4.74 Å². The van der Waals surface area contributed by atoms with E-state index in [-0.39, 0.29) is 0 Å². The first-order valence-electron chi connectivity index (χ1n) is 6.87. The molecule has 1 aromatic heterocycles. The maximum absolute atomic E-state index is 5.20. The molecule has 1 aromatic carbocycles. The number of ether oxygens (including phenoxy) is 1. The van der Waals surface area contributed by atoms with Crippen LogP contribution in [0.1, 0.15) is 29.0 Å². The monoisotopic (exact) mass is 365 g/mol. The van der Waals surface area contributed by atoms with Crippen molar-refractivity contribution in [3.63, 3.8) is 0 Å². The summed E-state index contributed by atoms with van der Waals surface area (Å²) < 4.78 is 6.12. The third-order valence-corrected chi connectivity index (χ3v) is 5.08. The van der Waals surface area contributed by atoms with Gasteiger partial charge < -0.3 is 4.74 Å². The number of hydrogen-bond acceptors (Lipinski definition) is 5. The normalized spacial score (nSPS) is 14.2. The highest BCUT2D eigenvalue weighted by Gasteiger charge is 2.14. The van der Waals surface area contributed by atoms with Gasteiger partial charge in [0.1, 0.15) is 5.75 Å². The van der Waals surface area contributed by atoms with Crippen LogP contribution in [0.15, 0.2) is 27.8 Å². The summed E-state index contributed by atoms with van der Waals surface area (Å²) in [5.41, 5.74) is 5.27. The molecule has 0 spiro atoms. The predicted molar refractivity (Wildman–Crippen MR) is 90.7 cm³/mol. The van der Waals surface area contributed by atoms with E-state index in [2.05, 4.69) is 31.4 Å². The lowest BCUT2D eigenvalue weighted by molar-refractivity contribution is 0.412. The average Bonchev–Trinajstić information content (AvgIpc) is 2.90. The van der Waals surface area contributed by atoms with Crippen LogP contribution in [-0.2, 0) is 12.8 Å². The number of benzene rings is 1. The number of hydrazone groups is 1. The average molecular weight is 366 g/mol. The van der Waals surface area contributed by atoms with Gasteiger partial charge in [0.15, 0.2) is 0 Å². The van der Waals surface area contributed by atoms with E-state index in [1.54, 1.807) is 24.7 Å². The van der Waals surface area contributed by atoms with Gasteiger partial charge in [-0.25, -0.2) is 4.98 Å². The number of halogens is 1. The maximum atomic E-state index is 5.20. The third kappa shape index (κ3) is 3.44. The fraction of sp³-hybridized carbons (Fsp3) is 0.333. The fourth-order valence-corrected chi connectivity index (χ4v) is 3.88. The summed E-state index contributed by atoms with van der Waals surface area (Å²) >= 11 is 5.18. The van der Waals surface area contributed by atoms with Gasteiger partial charge in [-0.1, -0.05) is 0 Å². The van der Waals surface area contributed by atoms with Crippen LogP contribution in [0.25, 0.3) is 0 Å². The van der Waals surface area contributed by atoms with Crippen molar-refractivity contribution in [2.24, 2.45) is 5.10 Å². The number of methoxy groups -OCH3 is 1. The molecular formula is C15H16BrN3OS. The second kappa shape index (κ2) is 6.58. The van der Waals surface area contributed by atoms with Gasteiger partial charge in [0, 0.05) is 4.88 Å². The zero-order valence-corrected chi connectivity index (χ0v) is 14.1. The largest absolute Gasteiger partial charge is 0.496 e. The summed E-state index contributed by atoms with van der Waals surface area (Å²) in [7, 11) is 1.65. The van der Waals surface area contributed by atoms with E-state index >= 15 is 0 Å². The Labute approximate surface area is 136 Å². The highest BCUT2D eigenvalue weighted by atomic mass is 79.9. The van der Waals surface area contributed by atoms with Gasteiger partial charge in [0.2, 0.25) is 5.13 Å². The molecule has 4 nitrogen and oxygen atoms in total. The van der Waals surface area contributed by atoms with Crippen molar-refractivity contribution in [1.29, 1.82) is 0 Å². The molecule has 1 aliphatic rings. The number of hydrogen-bond donors (Lipinski definition) is 1. The minimum absolute atomic E-state index is 0.813. The summed E-state index contributed by atoms with van der Waals surface area (Å²) in [6.45, 7) is 0. The molecule has 1 heterocycles. The Morgan fingerprint density at radius 3 is 3.00 bits per heavy atom. The van der Waals surface area contributed by atoms with Gasteiger partial charge in [-0.05, 0) is 65.4 Å². The molecule has 2 aromatic rings. The fourth-order valence-electron chi connectivity index (χ4n) is 2.32.